The third-order valence-corrected chi connectivity index (χ3v) is 2.40. The lowest BCUT2D eigenvalue weighted by molar-refractivity contribution is -0.115. The molecule has 0 aliphatic carbocycles. The van der Waals surface area contributed by atoms with Gasteiger partial charge in [-0.25, -0.2) is 0 Å². The summed E-state index contributed by atoms with van der Waals surface area (Å²) in [7, 11) is -10.6. The van der Waals surface area contributed by atoms with Crippen molar-refractivity contribution in [3.63, 3.8) is 0 Å². The summed E-state index contributed by atoms with van der Waals surface area (Å²) < 4.78 is 52.5. The zero-order chi connectivity index (χ0) is 10.6. The first-order valence-corrected chi connectivity index (χ1v) is 5.59. The summed E-state index contributed by atoms with van der Waals surface area (Å²) in [6, 6.07) is 0. The second-order valence-corrected chi connectivity index (χ2v) is 5.70. The van der Waals surface area contributed by atoms with Crippen LogP contribution in [0.1, 0.15) is 6.92 Å². The fourth-order valence-electron chi connectivity index (χ4n) is 0. The Morgan fingerprint density at radius 1 is 1.08 bits per heavy atom. The molecule has 0 radical (unpaired) electrons. The van der Waals surface area contributed by atoms with Crippen molar-refractivity contribution in [2.75, 3.05) is 0 Å². The Morgan fingerprint density at radius 3 is 1.17 bits per heavy atom. The van der Waals surface area contributed by atoms with Crippen molar-refractivity contribution < 1.29 is 30.7 Å². The van der Waals surface area contributed by atoms with Gasteiger partial charge in [0.2, 0.25) is 5.91 Å². The number of hydrogen-bond acceptors (Lipinski definition) is 5. The van der Waals surface area contributed by atoms with Crippen LogP contribution < -0.4 is 5.73 Å². The quantitative estimate of drug-likeness (QED) is 0.347. The summed E-state index contributed by atoms with van der Waals surface area (Å²) in [5.74, 6) is -0.333. The SMILES string of the molecule is CC(N)=O.O=S(=O)(O)S(=O)(=O)O. The van der Waals surface area contributed by atoms with Crippen LogP contribution in [0, 0.1) is 0 Å². The van der Waals surface area contributed by atoms with Crippen LogP contribution in [0.2, 0.25) is 0 Å². The summed E-state index contributed by atoms with van der Waals surface area (Å²) in [4.78, 5) is 9.22. The second-order valence-electron chi connectivity index (χ2n) is 1.47. The zero-order valence-electron chi connectivity index (χ0n) is 5.83. The van der Waals surface area contributed by atoms with Gasteiger partial charge in [-0.15, -0.1) is 0 Å². The number of carbonyl (C=O) groups is 1. The standard InChI is InChI=1S/C2H5NO.H2O6S2/c1-2(3)4;1-7(2,3)8(4,5)6/h1H3,(H2,3,4);(H,1,2,3)(H,4,5,6). The molecule has 0 rings (SSSR count). The van der Waals surface area contributed by atoms with Crippen molar-refractivity contribution in [1.29, 1.82) is 0 Å². The van der Waals surface area contributed by atoms with Crippen molar-refractivity contribution in [2.45, 2.75) is 6.92 Å². The minimum Gasteiger partial charge on any atom is -0.370 e. The number of hydrogen-bond donors (Lipinski definition) is 3. The van der Waals surface area contributed by atoms with Crippen LogP contribution in [0.15, 0.2) is 0 Å². The van der Waals surface area contributed by atoms with Gasteiger partial charge in [-0.3, -0.25) is 13.9 Å². The fraction of sp³-hybridized carbons (Fsp3) is 0.500. The van der Waals surface area contributed by atoms with Gasteiger partial charge < -0.3 is 5.73 Å². The monoisotopic (exact) mass is 221 g/mol. The van der Waals surface area contributed by atoms with Gasteiger partial charge in [0, 0.05) is 6.92 Å². The molecule has 0 unspecified atom stereocenters. The third kappa shape index (κ3) is 9.29. The first-order valence-electron chi connectivity index (χ1n) is 2.19. The Bertz CT molecular complexity index is 302. The number of rotatable bonds is 1. The molecule has 0 saturated heterocycles. The number of amides is 1. The van der Waals surface area contributed by atoms with Crippen LogP contribution in [0.5, 0.6) is 0 Å². The molecule has 0 aliphatic rings. The molecule has 1 amide bonds. The van der Waals surface area contributed by atoms with E-state index in [-0.39, 0.29) is 5.91 Å². The van der Waals surface area contributed by atoms with Crippen LogP contribution in [-0.2, 0) is 23.1 Å². The summed E-state index contributed by atoms with van der Waals surface area (Å²) >= 11 is 0. The van der Waals surface area contributed by atoms with Gasteiger partial charge in [-0.2, -0.15) is 16.8 Å². The van der Waals surface area contributed by atoms with E-state index in [9.17, 15) is 21.6 Å². The summed E-state index contributed by atoms with van der Waals surface area (Å²) in [6.07, 6.45) is 0. The largest absolute Gasteiger partial charge is 0.397 e. The molecule has 10 heteroatoms. The molecular formula is C2H7NO7S2. The van der Waals surface area contributed by atoms with Crippen LogP contribution in [0.25, 0.3) is 0 Å². The minimum atomic E-state index is -5.31. The number of carbonyl (C=O) groups excluding carboxylic acids is 1. The minimum absolute atomic E-state index is 0.333. The average molecular weight is 221 g/mol. The average Bonchev–Trinajstić information content (AvgIpc) is 1.55. The van der Waals surface area contributed by atoms with Gasteiger partial charge in [0.05, 0.1) is 0 Å². The van der Waals surface area contributed by atoms with E-state index < -0.39 is 18.3 Å². The molecule has 0 fully saturated rings. The topological polar surface area (TPSA) is 152 Å². The molecule has 8 nitrogen and oxygen atoms in total. The lowest BCUT2D eigenvalue weighted by Crippen LogP contribution is -2.11. The van der Waals surface area contributed by atoms with E-state index in [1.807, 2.05) is 0 Å². The Labute approximate surface area is 68.3 Å². The molecule has 0 aromatic heterocycles. The first-order chi connectivity index (χ1) is 4.98. The fourth-order valence-corrected chi connectivity index (χ4v) is 0. The summed E-state index contributed by atoms with van der Waals surface area (Å²) in [5, 5.41) is 0. The zero-order valence-corrected chi connectivity index (χ0v) is 7.46. The smallest absolute Gasteiger partial charge is 0.370 e. The third-order valence-electron chi connectivity index (χ3n) is 0.266. The van der Waals surface area contributed by atoms with E-state index in [1.54, 1.807) is 0 Å². The summed E-state index contributed by atoms with van der Waals surface area (Å²) in [6.45, 7) is 1.31. The van der Waals surface area contributed by atoms with Gasteiger partial charge in [0.25, 0.3) is 0 Å². The van der Waals surface area contributed by atoms with E-state index in [1.165, 1.54) is 6.92 Å². The Balaban J connectivity index is 0. The van der Waals surface area contributed by atoms with E-state index in [2.05, 4.69) is 5.73 Å². The van der Waals surface area contributed by atoms with E-state index in [0.29, 0.717) is 0 Å². The van der Waals surface area contributed by atoms with Gasteiger partial charge in [-0.1, -0.05) is 0 Å². The normalized spacial score (nSPS) is 11.2. The highest BCUT2D eigenvalue weighted by molar-refractivity contribution is 8.62. The van der Waals surface area contributed by atoms with E-state index >= 15 is 0 Å². The molecule has 0 bridgehead atoms. The lowest BCUT2D eigenvalue weighted by Gasteiger charge is -1.84. The number of primary amides is 1. The number of nitrogens with two attached hydrogens (primary N) is 1. The molecule has 0 heterocycles. The second kappa shape index (κ2) is 4.35. The highest BCUT2D eigenvalue weighted by atomic mass is 33.2. The molecule has 0 spiro atoms. The van der Waals surface area contributed by atoms with Crippen molar-refractivity contribution in [3.8, 4) is 0 Å². The van der Waals surface area contributed by atoms with Crippen LogP contribution in [0.4, 0.5) is 0 Å². The van der Waals surface area contributed by atoms with Crippen LogP contribution in [0.3, 0.4) is 0 Å². The Kier molecular flexibility index (Phi) is 5.02. The maximum Gasteiger partial charge on any atom is 0.397 e. The summed E-state index contributed by atoms with van der Waals surface area (Å²) in [5.41, 5.74) is 4.47. The molecule has 0 aliphatic heterocycles. The van der Waals surface area contributed by atoms with Gasteiger partial charge in [0.1, 0.15) is 0 Å². The van der Waals surface area contributed by atoms with Gasteiger partial charge in [-0.05, 0) is 0 Å². The van der Waals surface area contributed by atoms with Crippen molar-refractivity contribution >= 4 is 24.2 Å². The molecule has 0 aromatic carbocycles. The van der Waals surface area contributed by atoms with Crippen molar-refractivity contribution in [3.05, 3.63) is 0 Å². The predicted molar refractivity (Wildman–Crippen MR) is 38.0 cm³/mol. The van der Waals surface area contributed by atoms with Gasteiger partial charge >= 0.3 is 18.3 Å². The predicted octanol–water partition coefficient (Wildman–Crippen LogP) is -1.83. The van der Waals surface area contributed by atoms with Crippen molar-refractivity contribution in [2.24, 2.45) is 5.73 Å². The Hall–Kier alpha value is -0.710. The molecule has 0 aromatic rings. The van der Waals surface area contributed by atoms with E-state index in [0.717, 1.165) is 0 Å². The molecular weight excluding hydrogens is 214 g/mol. The lowest BCUT2D eigenvalue weighted by atomic mass is 10.8. The molecule has 12 heavy (non-hydrogen) atoms. The molecule has 74 valence electrons. The van der Waals surface area contributed by atoms with Crippen molar-refractivity contribution in [1.82, 2.24) is 0 Å². The molecule has 4 N–H and O–H groups in total. The highest BCUT2D eigenvalue weighted by Gasteiger charge is 2.22. The maximum atomic E-state index is 9.37. The highest BCUT2D eigenvalue weighted by Crippen LogP contribution is 1.90. The Morgan fingerprint density at radius 2 is 1.17 bits per heavy atom. The van der Waals surface area contributed by atoms with Crippen LogP contribution >= 0.6 is 0 Å². The maximum absolute atomic E-state index is 9.37. The van der Waals surface area contributed by atoms with Crippen LogP contribution in [-0.4, -0.2) is 31.8 Å². The first kappa shape index (κ1) is 13.9. The van der Waals surface area contributed by atoms with E-state index in [4.69, 9.17) is 9.11 Å². The van der Waals surface area contributed by atoms with Gasteiger partial charge in [0.15, 0.2) is 0 Å². The molecule has 0 saturated carbocycles. The molecule has 0 atom stereocenters.